The fourth-order valence-electron chi connectivity index (χ4n) is 0.390. The van der Waals surface area contributed by atoms with Gasteiger partial charge in [0.1, 0.15) is 0 Å². The average molecular weight is 285 g/mol. The highest BCUT2D eigenvalue weighted by atomic mass is 31.3. The molecule has 0 aromatic rings. The summed E-state index contributed by atoms with van der Waals surface area (Å²) in [5.74, 6) is 0. The molecule has 0 amide bonds. The molecule has 0 bridgehead atoms. The molecule has 4 unspecified atom stereocenters. The van der Waals surface area contributed by atoms with Crippen LogP contribution in [0.25, 0.3) is 0 Å². The van der Waals surface area contributed by atoms with Crippen molar-refractivity contribution in [3.05, 3.63) is 0 Å². The van der Waals surface area contributed by atoms with Gasteiger partial charge in [-0.3, -0.25) is 8.88 Å². The second-order valence-electron chi connectivity index (χ2n) is 2.13. The Morgan fingerprint density at radius 3 is 1.93 bits per heavy atom. The fourth-order valence-corrected chi connectivity index (χ4v) is 3.89. The van der Waals surface area contributed by atoms with Crippen molar-refractivity contribution in [2.45, 2.75) is 5.65 Å². The number of hydrogen-bond acceptors (Lipinski definition) is 8. The molecular weight excluding hydrogens is 280 g/mol. The lowest BCUT2D eigenvalue weighted by Crippen LogP contribution is -2.21. The minimum Gasteiger partial charge on any atom is -0.776 e. The van der Waals surface area contributed by atoms with Gasteiger partial charge in [0.25, 0.3) is 7.82 Å². The zero-order valence-corrected chi connectivity index (χ0v) is 9.69. The van der Waals surface area contributed by atoms with Crippen LogP contribution in [-0.2, 0) is 22.5 Å². The van der Waals surface area contributed by atoms with E-state index in [0.29, 0.717) is 7.11 Å². The molecular formula is C2H5FO9P3-3. The monoisotopic (exact) mass is 285 g/mol. The molecule has 13 heteroatoms. The van der Waals surface area contributed by atoms with Crippen molar-refractivity contribution in [3.63, 3.8) is 0 Å². The Kier molecular flexibility index (Phi) is 4.83. The van der Waals surface area contributed by atoms with Crippen molar-refractivity contribution < 1.29 is 46.5 Å². The van der Waals surface area contributed by atoms with E-state index >= 15 is 0 Å². The van der Waals surface area contributed by atoms with Gasteiger partial charge in [0.15, 0.2) is 15.2 Å². The quantitative estimate of drug-likeness (QED) is 0.591. The third kappa shape index (κ3) is 4.82. The lowest BCUT2D eigenvalue weighted by Gasteiger charge is -2.35. The van der Waals surface area contributed by atoms with Crippen LogP contribution in [0.15, 0.2) is 0 Å². The first-order chi connectivity index (χ1) is 6.42. The highest BCUT2D eigenvalue weighted by Gasteiger charge is 2.35. The first kappa shape index (κ1) is 15.4. The smallest absolute Gasteiger partial charge is 0.272 e. The highest BCUT2D eigenvalue weighted by molar-refractivity contribution is 7.73. The van der Waals surface area contributed by atoms with Gasteiger partial charge < -0.3 is 33.2 Å². The van der Waals surface area contributed by atoms with Crippen LogP contribution in [0.1, 0.15) is 0 Å². The normalized spacial score (nSPS) is 26.0. The van der Waals surface area contributed by atoms with Crippen molar-refractivity contribution in [2.75, 3.05) is 7.11 Å². The zero-order valence-electron chi connectivity index (χ0n) is 7.01. The minimum atomic E-state index is -5.99. The van der Waals surface area contributed by atoms with Crippen LogP contribution in [-0.4, -0.2) is 17.7 Å². The first-order valence-corrected chi connectivity index (χ1v) is 7.71. The van der Waals surface area contributed by atoms with E-state index in [1.807, 2.05) is 0 Å². The van der Waals surface area contributed by atoms with Gasteiger partial charge in [0.05, 0.1) is 0 Å². The molecule has 0 fully saturated rings. The Balaban J connectivity index is 4.95. The summed E-state index contributed by atoms with van der Waals surface area (Å²) < 4.78 is 50.2. The molecule has 0 radical (unpaired) electrons. The molecule has 0 saturated heterocycles. The van der Waals surface area contributed by atoms with E-state index in [1.165, 1.54) is 0 Å². The topological polar surface area (TPSA) is 159 Å². The average Bonchev–Trinajstić information content (AvgIpc) is 1.99. The summed E-state index contributed by atoms with van der Waals surface area (Å²) >= 11 is 0. The number of phosphoric acid groups is 1. The molecule has 15 heavy (non-hydrogen) atoms. The Morgan fingerprint density at radius 1 is 1.27 bits per heavy atom. The van der Waals surface area contributed by atoms with Crippen molar-refractivity contribution >= 4 is 23.0 Å². The number of alkyl halides is 1. The lowest BCUT2D eigenvalue weighted by molar-refractivity contribution is -0.233. The number of rotatable bonds is 5. The largest absolute Gasteiger partial charge is 0.776 e. The molecule has 0 aliphatic carbocycles. The molecule has 1 N–H and O–H groups in total. The second kappa shape index (κ2) is 4.71. The fraction of sp³-hybridized carbons (Fsp3) is 1.00. The van der Waals surface area contributed by atoms with Gasteiger partial charge in [-0.1, -0.05) is 0 Å². The molecule has 0 rings (SSSR count). The third-order valence-corrected chi connectivity index (χ3v) is 5.91. The molecule has 92 valence electrons. The van der Waals surface area contributed by atoms with Crippen LogP contribution in [0.5, 0.6) is 0 Å². The molecule has 0 heterocycles. The molecule has 0 saturated carbocycles. The molecule has 0 spiro atoms. The standard InChI is InChI=1S/C2H8FO9P3/c1-11-15(9,10)12-14(7,8)2(3)13(4,5)6/h2H,1H3,(H,7,8)(H,9,10)(H2,4,5,6)/p-3. The van der Waals surface area contributed by atoms with Crippen LogP contribution in [0.4, 0.5) is 4.39 Å². The molecule has 0 aliphatic heterocycles. The maximum atomic E-state index is 12.5. The number of phosphoric ester groups is 1. The van der Waals surface area contributed by atoms with Crippen molar-refractivity contribution in [1.82, 2.24) is 0 Å². The molecule has 9 nitrogen and oxygen atoms in total. The van der Waals surface area contributed by atoms with Crippen molar-refractivity contribution in [1.29, 1.82) is 0 Å². The van der Waals surface area contributed by atoms with Gasteiger partial charge in [0.2, 0.25) is 5.65 Å². The van der Waals surface area contributed by atoms with Crippen LogP contribution in [0, 0.1) is 0 Å². The van der Waals surface area contributed by atoms with Gasteiger partial charge in [-0.15, -0.1) is 0 Å². The summed E-state index contributed by atoms with van der Waals surface area (Å²) in [4.78, 5) is 39.1. The summed E-state index contributed by atoms with van der Waals surface area (Å²) in [6, 6.07) is 0. The molecule has 4 atom stereocenters. The van der Waals surface area contributed by atoms with Gasteiger partial charge >= 0.3 is 0 Å². The van der Waals surface area contributed by atoms with Gasteiger partial charge in [-0.05, 0) is 0 Å². The predicted octanol–water partition coefficient (Wildman–Crippen LogP) is -1.53. The van der Waals surface area contributed by atoms with Crippen LogP contribution >= 0.6 is 23.0 Å². The zero-order chi connectivity index (χ0) is 12.5. The summed E-state index contributed by atoms with van der Waals surface area (Å²) in [7, 11) is -16.7. The van der Waals surface area contributed by atoms with E-state index in [2.05, 4.69) is 8.83 Å². The predicted molar refractivity (Wildman–Crippen MR) is 38.0 cm³/mol. The highest BCUT2D eigenvalue weighted by Crippen LogP contribution is 2.65. The molecule has 0 aromatic heterocycles. The van der Waals surface area contributed by atoms with E-state index in [9.17, 15) is 32.8 Å². The van der Waals surface area contributed by atoms with E-state index in [-0.39, 0.29) is 0 Å². The van der Waals surface area contributed by atoms with Crippen LogP contribution in [0.2, 0.25) is 0 Å². The van der Waals surface area contributed by atoms with Crippen molar-refractivity contribution in [3.8, 4) is 0 Å². The van der Waals surface area contributed by atoms with Crippen LogP contribution < -0.4 is 14.7 Å². The van der Waals surface area contributed by atoms with Gasteiger partial charge in [-0.25, -0.2) is 4.39 Å². The maximum Gasteiger partial charge on any atom is 0.272 e. The Bertz CT molecular complexity index is 358. The van der Waals surface area contributed by atoms with Gasteiger partial charge in [0, 0.05) is 7.11 Å². The maximum absolute atomic E-state index is 12.5. The van der Waals surface area contributed by atoms with E-state index in [0.717, 1.165) is 0 Å². The SMILES string of the molecule is COP(=O)([O-])OP(=O)([O-])C(F)P(=O)([O-])O. The Labute approximate surface area is 83.1 Å². The van der Waals surface area contributed by atoms with Crippen LogP contribution in [0.3, 0.4) is 0 Å². The lowest BCUT2D eigenvalue weighted by atomic mass is 11.8. The van der Waals surface area contributed by atoms with E-state index < -0.39 is 28.7 Å². The van der Waals surface area contributed by atoms with E-state index in [4.69, 9.17) is 4.89 Å². The first-order valence-electron chi connectivity index (χ1n) is 2.99. The molecule has 0 aromatic carbocycles. The molecule has 0 aliphatic rings. The Morgan fingerprint density at radius 2 is 1.67 bits per heavy atom. The second-order valence-corrected chi connectivity index (χ2v) is 7.56. The summed E-state index contributed by atoms with van der Waals surface area (Å²) in [5, 5.41) is 0. The Hall–Kier alpha value is 0.380. The number of halogens is 1. The summed E-state index contributed by atoms with van der Waals surface area (Å²) in [6.07, 6.45) is 0. The van der Waals surface area contributed by atoms with E-state index in [1.54, 1.807) is 0 Å². The van der Waals surface area contributed by atoms with Gasteiger partial charge in [-0.2, -0.15) is 0 Å². The number of hydrogen-bond donors (Lipinski definition) is 1. The third-order valence-electron chi connectivity index (χ3n) is 0.968. The van der Waals surface area contributed by atoms with Crippen molar-refractivity contribution in [2.24, 2.45) is 0 Å². The summed E-state index contributed by atoms with van der Waals surface area (Å²) in [6.45, 7) is 0. The minimum absolute atomic E-state index is 0.511. The summed E-state index contributed by atoms with van der Waals surface area (Å²) in [5.41, 5.74) is -3.87.